The third-order valence-corrected chi connectivity index (χ3v) is 1.65. The molecule has 0 atom stereocenters. The summed E-state index contributed by atoms with van der Waals surface area (Å²) >= 11 is 0. The molecule has 0 aliphatic carbocycles. The Kier molecular flexibility index (Phi) is 1.94. The number of nitrogens with one attached hydrogen (secondary N) is 1. The molecule has 2 heterocycles. The zero-order valence-corrected chi connectivity index (χ0v) is 7.01. The van der Waals surface area contributed by atoms with Crippen molar-refractivity contribution in [1.82, 2.24) is 20.2 Å². The average Bonchev–Trinajstić information content (AvgIpc) is 2.68. The standard InChI is InChI=1S/C8H6N4O2/c13-8(14)7-3-6(11-12-7)5-1-2-9-4-10-5/h1-4H,(H,11,12)(H,13,14). The van der Waals surface area contributed by atoms with Gasteiger partial charge in [-0.2, -0.15) is 5.10 Å². The van der Waals surface area contributed by atoms with E-state index in [0.29, 0.717) is 11.4 Å². The molecule has 0 aromatic carbocycles. The lowest BCUT2D eigenvalue weighted by Crippen LogP contribution is -1.95. The number of carboxylic acid groups (broad SMARTS) is 1. The zero-order chi connectivity index (χ0) is 9.97. The lowest BCUT2D eigenvalue weighted by molar-refractivity contribution is 0.0690. The molecule has 70 valence electrons. The first kappa shape index (κ1) is 8.36. The van der Waals surface area contributed by atoms with E-state index in [1.165, 1.54) is 12.4 Å². The molecule has 2 aromatic heterocycles. The van der Waals surface area contributed by atoms with Gasteiger partial charge in [0.05, 0.1) is 5.69 Å². The Morgan fingerprint density at radius 3 is 2.86 bits per heavy atom. The quantitative estimate of drug-likeness (QED) is 0.722. The van der Waals surface area contributed by atoms with Gasteiger partial charge >= 0.3 is 5.97 Å². The van der Waals surface area contributed by atoms with E-state index in [1.54, 1.807) is 12.3 Å². The van der Waals surface area contributed by atoms with Gasteiger partial charge in [0.1, 0.15) is 17.7 Å². The molecule has 2 rings (SSSR count). The number of nitrogens with zero attached hydrogens (tertiary/aromatic N) is 3. The molecule has 6 heteroatoms. The first-order chi connectivity index (χ1) is 6.77. The lowest BCUT2D eigenvalue weighted by Gasteiger charge is -1.90. The third-order valence-electron chi connectivity index (χ3n) is 1.65. The van der Waals surface area contributed by atoms with Crippen LogP contribution in [0.1, 0.15) is 10.5 Å². The zero-order valence-electron chi connectivity index (χ0n) is 7.01. The molecule has 0 saturated carbocycles. The normalized spacial score (nSPS) is 10.0. The number of aromatic amines is 1. The van der Waals surface area contributed by atoms with Crippen LogP contribution in [0.4, 0.5) is 0 Å². The first-order valence-corrected chi connectivity index (χ1v) is 3.82. The van der Waals surface area contributed by atoms with Crippen molar-refractivity contribution in [2.75, 3.05) is 0 Å². The minimum absolute atomic E-state index is 0.0404. The van der Waals surface area contributed by atoms with Gasteiger partial charge in [0.2, 0.25) is 0 Å². The second kappa shape index (κ2) is 3.25. The van der Waals surface area contributed by atoms with Gasteiger partial charge in [-0.05, 0) is 6.07 Å². The van der Waals surface area contributed by atoms with E-state index in [0.717, 1.165) is 0 Å². The van der Waals surface area contributed by atoms with Crippen molar-refractivity contribution in [2.24, 2.45) is 0 Å². The molecule has 2 N–H and O–H groups in total. The van der Waals surface area contributed by atoms with Crippen molar-refractivity contribution in [3.05, 3.63) is 30.4 Å². The third kappa shape index (κ3) is 1.45. The van der Waals surface area contributed by atoms with Crippen LogP contribution in [0, 0.1) is 0 Å². The van der Waals surface area contributed by atoms with Crippen LogP contribution < -0.4 is 0 Å². The Morgan fingerprint density at radius 2 is 2.29 bits per heavy atom. The summed E-state index contributed by atoms with van der Waals surface area (Å²) in [4.78, 5) is 18.2. The molecular formula is C8H6N4O2. The highest BCUT2D eigenvalue weighted by atomic mass is 16.4. The number of carbonyl (C=O) groups is 1. The number of carboxylic acids is 1. The highest BCUT2D eigenvalue weighted by Crippen LogP contribution is 2.13. The largest absolute Gasteiger partial charge is 0.477 e. The SMILES string of the molecule is O=C(O)c1cc(-c2ccncn2)n[nH]1. The highest BCUT2D eigenvalue weighted by molar-refractivity contribution is 5.86. The van der Waals surface area contributed by atoms with E-state index in [1.807, 2.05) is 0 Å². The van der Waals surface area contributed by atoms with Gasteiger partial charge in [0.25, 0.3) is 0 Å². The lowest BCUT2D eigenvalue weighted by atomic mass is 10.3. The fraction of sp³-hybridized carbons (Fsp3) is 0. The Morgan fingerprint density at radius 1 is 1.43 bits per heavy atom. The van der Waals surface area contributed by atoms with Crippen LogP contribution in [0.25, 0.3) is 11.4 Å². The molecule has 14 heavy (non-hydrogen) atoms. The van der Waals surface area contributed by atoms with Crippen molar-refractivity contribution >= 4 is 5.97 Å². The molecule has 0 aliphatic rings. The van der Waals surface area contributed by atoms with Gasteiger partial charge < -0.3 is 5.11 Å². The summed E-state index contributed by atoms with van der Waals surface area (Å²) in [7, 11) is 0. The van der Waals surface area contributed by atoms with Crippen molar-refractivity contribution in [1.29, 1.82) is 0 Å². The molecule has 0 aliphatic heterocycles. The van der Waals surface area contributed by atoms with Gasteiger partial charge in [-0.1, -0.05) is 0 Å². The summed E-state index contributed by atoms with van der Waals surface area (Å²) in [5, 5.41) is 14.8. The van der Waals surface area contributed by atoms with Crippen LogP contribution in [0.15, 0.2) is 24.7 Å². The number of hydrogen-bond acceptors (Lipinski definition) is 4. The maximum absolute atomic E-state index is 10.5. The summed E-state index contributed by atoms with van der Waals surface area (Å²) in [6.45, 7) is 0. The molecule has 0 spiro atoms. The topological polar surface area (TPSA) is 91.8 Å². The fourth-order valence-electron chi connectivity index (χ4n) is 1.00. The molecule has 6 nitrogen and oxygen atoms in total. The van der Waals surface area contributed by atoms with Crippen LogP contribution >= 0.6 is 0 Å². The Hall–Kier alpha value is -2.24. The summed E-state index contributed by atoms with van der Waals surface area (Å²) in [5.41, 5.74) is 1.12. The van der Waals surface area contributed by atoms with Crippen LogP contribution in [0.2, 0.25) is 0 Å². The van der Waals surface area contributed by atoms with Crippen LogP contribution in [-0.2, 0) is 0 Å². The van der Waals surface area contributed by atoms with E-state index in [-0.39, 0.29) is 5.69 Å². The average molecular weight is 190 g/mol. The summed E-state index contributed by atoms with van der Waals surface area (Å²) in [6, 6.07) is 3.08. The second-order valence-electron chi connectivity index (χ2n) is 2.57. The molecule has 0 amide bonds. The number of H-pyrrole nitrogens is 1. The Labute approximate surface area is 78.6 Å². The van der Waals surface area contributed by atoms with Crippen LogP contribution in [-0.4, -0.2) is 31.2 Å². The van der Waals surface area contributed by atoms with Gasteiger partial charge in [-0.15, -0.1) is 0 Å². The molecule has 0 unspecified atom stereocenters. The molecule has 0 radical (unpaired) electrons. The van der Waals surface area contributed by atoms with Crippen molar-refractivity contribution in [3.8, 4) is 11.4 Å². The van der Waals surface area contributed by atoms with Gasteiger partial charge in [0, 0.05) is 12.3 Å². The maximum atomic E-state index is 10.5. The number of aromatic nitrogens is 4. The van der Waals surface area contributed by atoms with E-state index >= 15 is 0 Å². The van der Waals surface area contributed by atoms with Crippen LogP contribution in [0.5, 0.6) is 0 Å². The minimum Gasteiger partial charge on any atom is -0.477 e. The molecule has 0 bridgehead atoms. The molecule has 0 fully saturated rings. The minimum atomic E-state index is -1.04. The Bertz CT molecular complexity index is 451. The fourth-order valence-corrected chi connectivity index (χ4v) is 1.00. The second-order valence-corrected chi connectivity index (χ2v) is 2.57. The highest BCUT2D eigenvalue weighted by Gasteiger charge is 2.09. The Balaban J connectivity index is 2.39. The van der Waals surface area contributed by atoms with Gasteiger partial charge in [-0.25, -0.2) is 14.8 Å². The van der Waals surface area contributed by atoms with E-state index < -0.39 is 5.97 Å². The van der Waals surface area contributed by atoms with Gasteiger partial charge in [-0.3, -0.25) is 5.10 Å². The molecule has 2 aromatic rings. The summed E-state index contributed by atoms with van der Waals surface area (Å²) in [6.07, 6.45) is 2.95. The summed E-state index contributed by atoms with van der Waals surface area (Å²) in [5.74, 6) is -1.04. The number of rotatable bonds is 2. The van der Waals surface area contributed by atoms with E-state index in [9.17, 15) is 4.79 Å². The van der Waals surface area contributed by atoms with Crippen LogP contribution in [0.3, 0.4) is 0 Å². The van der Waals surface area contributed by atoms with Gasteiger partial charge in [0.15, 0.2) is 0 Å². The molecule has 0 saturated heterocycles. The predicted octanol–water partition coefficient (Wildman–Crippen LogP) is 0.565. The summed E-state index contributed by atoms with van der Waals surface area (Å²) < 4.78 is 0. The maximum Gasteiger partial charge on any atom is 0.353 e. The van der Waals surface area contributed by atoms with E-state index in [2.05, 4.69) is 20.2 Å². The van der Waals surface area contributed by atoms with Crippen molar-refractivity contribution < 1.29 is 9.90 Å². The molecular weight excluding hydrogens is 184 g/mol. The number of hydrogen-bond donors (Lipinski definition) is 2. The predicted molar refractivity (Wildman–Crippen MR) is 46.6 cm³/mol. The smallest absolute Gasteiger partial charge is 0.353 e. The van der Waals surface area contributed by atoms with Crippen molar-refractivity contribution in [2.45, 2.75) is 0 Å². The monoisotopic (exact) mass is 190 g/mol. The van der Waals surface area contributed by atoms with E-state index in [4.69, 9.17) is 5.11 Å². The number of aromatic carboxylic acids is 1. The van der Waals surface area contributed by atoms with Crippen molar-refractivity contribution in [3.63, 3.8) is 0 Å². The first-order valence-electron chi connectivity index (χ1n) is 3.82.